The zero-order valence-corrected chi connectivity index (χ0v) is 19.2. The lowest BCUT2D eigenvalue weighted by Gasteiger charge is -2.31. The highest BCUT2D eigenvalue weighted by Gasteiger charge is 2.29. The van der Waals surface area contributed by atoms with Crippen LogP contribution in [0.1, 0.15) is 22.3 Å². The summed E-state index contributed by atoms with van der Waals surface area (Å²) in [6.07, 6.45) is 1.52. The summed E-state index contributed by atoms with van der Waals surface area (Å²) in [7, 11) is -2.15. The van der Waals surface area contributed by atoms with Gasteiger partial charge in [0.25, 0.3) is 15.9 Å². The Morgan fingerprint density at radius 3 is 2.58 bits per heavy atom. The van der Waals surface area contributed by atoms with Gasteiger partial charge in [-0.3, -0.25) is 9.10 Å². The number of sulfonamides is 1. The van der Waals surface area contributed by atoms with Crippen LogP contribution in [-0.2, 0) is 16.4 Å². The SMILES string of the molecule is COc1ccc(Br)c(C(=O)Nc2ccc3c(c2)N(S(=O)(=O)c2ccccc2)CCC3)c1. The van der Waals surface area contributed by atoms with Crippen molar-refractivity contribution < 1.29 is 17.9 Å². The third kappa shape index (κ3) is 4.31. The Bertz CT molecular complexity index is 1230. The van der Waals surface area contributed by atoms with Gasteiger partial charge in [0.15, 0.2) is 0 Å². The first kappa shape index (κ1) is 21.4. The molecule has 0 atom stereocenters. The van der Waals surface area contributed by atoms with E-state index in [1.54, 1.807) is 60.7 Å². The Morgan fingerprint density at radius 1 is 1.06 bits per heavy atom. The summed E-state index contributed by atoms with van der Waals surface area (Å²) >= 11 is 3.39. The molecule has 6 nitrogen and oxygen atoms in total. The number of anilines is 2. The van der Waals surface area contributed by atoms with Crippen LogP contribution in [-0.4, -0.2) is 28.0 Å². The van der Waals surface area contributed by atoms with Crippen LogP contribution in [0.5, 0.6) is 5.75 Å². The average molecular weight is 501 g/mol. The molecule has 0 saturated carbocycles. The third-order valence-electron chi connectivity index (χ3n) is 5.17. The Labute approximate surface area is 190 Å². The molecule has 0 aromatic heterocycles. The van der Waals surface area contributed by atoms with Crippen LogP contribution in [0.3, 0.4) is 0 Å². The number of rotatable bonds is 5. The van der Waals surface area contributed by atoms with E-state index in [1.807, 2.05) is 6.07 Å². The molecule has 3 aromatic rings. The molecule has 1 N–H and O–H groups in total. The van der Waals surface area contributed by atoms with Crippen molar-refractivity contribution in [3.8, 4) is 5.75 Å². The third-order valence-corrected chi connectivity index (χ3v) is 7.69. The Hall–Kier alpha value is -2.84. The van der Waals surface area contributed by atoms with Crippen molar-refractivity contribution in [1.29, 1.82) is 0 Å². The maximum Gasteiger partial charge on any atom is 0.264 e. The lowest BCUT2D eigenvalue weighted by atomic mass is 10.0. The van der Waals surface area contributed by atoms with E-state index in [4.69, 9.17) is 4.74 Å². The summed E-state index contributed by atoms with van der Waals surface area (Å²) < 4.78 is 33.7. The number of fused-ring (bicyclic) bond motifs is 1. The van der Waals surface area contributed by atoms with Crippen LogP contribution in [0.2, 0.25) is 0 Å². The Kier molecular flexibility index (Phi) is 6.02. The number of methoxy groups -OCH3 is 1. The van der Waals surface area contributed by atoms with Gasteiger partial charge >= 0.3 is 0 Å². The van der Waals surface area contributed by atoms with E-state index < -0.39 is 10.0 Å². The summed E-state index contributed by atoms with van der Waals surface area (Å²) in [5, 5.41) is 2.87. The van der Waals surface area contributed by atoms with Gasteiger partial charge in [-0.1, -0.05) is 24.3 Å². The number of nitrogens with one attached hydrogen (secondary N) is 1. The molecule has 1 aliphatic rings. The molecule has 1 amide bonds. The first-order valence-corrected chi connectivity index (χ1v) is 12.0. The van der Waals surface area contributed by atoms with Gasteiger partial charge in [-0.05, 0) is 76.8 Å². The number of amides is 1. The summed E-state index contributed by atoms with van der Waals surface area (Å²) in [5.41, 5.74) is 2.48. The smallest absolute Gasteiger partial charge is 0.264 e. The van der Waals surface area contributed by atoms with E-state index in [0.29, 0.717) is 33.7 Å². The Balaban J connectivity index is 1.66. The molecule has 0 radical (unpaired) electrons. The molecule has 0 aliphatic carbocycles. The summed E-state index contributed by atoms with van der Waals surface area (Å²) in [5.74, 6) is 0.248. The second-order valence-electron chi connectivity index (χ2n) is 7.14. The van der Waals surface area contributed by atoms with Crippen LogP contribution in [0.25, 0.3) is 0 Å². The summed E-state index contributed by atoms with van der Waals surface area (Å²) in [4.78, 5) is 13.1. The highest BCUT2D eigenvalue weighted by molar-refractivity contribution is 9.10. The van der Waals surface area contributed by atoms with E-state index in [0.717, 1.165) is 18.4 Å². The minimum absolute atomic E-state index is 0.248. The molecule has 3 aromatic carbocycles. The number of carbonyl (C=O) groups is 1. The first-order chi connectivity index (χ1) is 14.9. The fourth-order valence-electron chi connectivity index (χ4n) is 3.59. The average Bonchev–Trinajstić information content (AvgIpc) is 2.79. The zero-order valence-electron chi connectivity index (χ0n) is 16.8. The molecular formula is C23H21BrN2O4S. The predicted octanol–water partition coefficient (Wildman–Crippen LogP) is 4.85. The van der Waals surface area contributed by atoms with E-state index in [9.17, 15) is 13.2 Å². The van der Waals surface area contributed by atoms with E-state index in [1.165, 1.54) is 11.4 Å². The minimum atomic E-state index is -3.69. The highest BCUT2D eigenvalue weighted by Crippen LogP contribution is 2.34. The van der Waals surface area contributed by atoms with Crippen molar-refractivity contribution in [3.05, 3.63) is 82.3 Å². The molecule has 0 unspecified atom stereocenters. The molecule has 160 valence electrons. The van der Waals surface area contributed by atoms with Crippen LogP contribution >= 0.6 is 15.9 Å². The van der Waals surface area contributed by atoms with Crippen LogP contribution < -0.4 is 14.4 Å². The largest absolute Gasteiger partial charge is 0.497 e. The number of nitrogens with zero attached hydrogens (tertiary/aromatic N) is 1. The Morgan fingerprint density at radius 2 is 1.84 bits per heavy atom. The predicted molar refractivity (Wildman–Crippen MR) is 124 cm³/mol. The van der Waals surface area contributed by atoms with Gasteiger partial charge in [0.2, 0.25) is 0 Å². The van der Waals surface area contributed by atoms with Crippen molar-refractivity contribution in [2.75, 3.05) is 23.3 Å². The monoisotopic (exact) mass is 500 g/mol. The van der Waals surface area contributed by atoms with Gasteiger partial charge in [0.1, 0.15) is 5.75 Å². The van der Waals surface area contributed by atoms with Gasteiger partial charge in [0, 0.05) is 16.7 Å². The van der Waals surface area contributed by atoms with Crippen molar-refractivity contribution >= 4 is 43.2 Å². The quantitative estimate of drug-likeness (QED) is 0.543. The lowest BCUT2D eigenvalue weighted by Crippen LogP contribution is -2.35. The van der Waals surface area contributed by atoms with Crippen LogP contribution in [0.4, 0.5) is 11.4 Å². The molecule has 8 heteroatoms. The minimum Gasteiger partial charge on any atom is -0.497 e. The summed E-state index contributed by atoms with van der Waals surface area (Å²) in [6, 6.07) is 18.9. The van der Waals surface area contributed by atoms with Gasteiger partial charge in [-0.25, -0.2) is 8.42 Å². The molecule has 1 heterocycles. The normalized spacial score (nSPS) is 13.4. The number of carbonyl (C=O) groups excluding carboxylic acids is 1. The second kappa shape index (κ2) is 8.72. The molecule has 0 bridgehead atoms. The van der Waals surface area contributed by atoms with E-state index in [-0.39, 0.29) is 10.8 Å². The number of benzene rings is 3. The molecule has 0 spiro atoms. The maximum absolute atomic E-state index is 13.2. The summed E-state index contributed by atoms with van der Waals surface area (Å²) in [6.45, 7) is 0.392. The standard InChI is InChI=1S/C23H21BrN2O4S/c1-30-18-11-12-21(24)20(15-18)23(27)25-17-10-9-16-6-5-13-26(22(16)14-17)31(28,29)19-7-3-2-4-8-19/h2-4,7-12,14-15H,5-6,13H2,1H3,(H,25,27). The van der Waals surface area contributed by atoms with E-state index in [2.05, 4.69) is 21.2 Å². The van der Waals surface area contributed by atoms with Crippen molar-refractivity contribution in [2.45, 2.75) is 17.7 Å². The van der Waals surface area contributed by atoms with Crippen molar-refractivity contribution in [2.24, 2.45) is 0 Å². The highest BCUT2D eigenvalue weighted by atomic mass is 79.9. The second-order valence-corrected chi connectivity index (χ2v) is 9.85. The van der Waals surface area contributed by atoms with Crippen molar-refractivity contribution in [1.82, 2.24) is 0 Å². The molecule has 0 saturated heterocycles. The number of ether oxygens (including phenoxy) is 1. The molecule has 0 fully saturated rings. The lowest BCUT2D eigenvalue weighted by molar-refractivity contribution is 0.102. The number of hydrogen-bond acceptors (Lipinski definition) is 4. The molecular weight excluding hydrogens is 480 g/mol. The fraction of sp³-hybridized carbons (Fsp3) is 0.174. The fourth-order valence-corrected chi connectivity index (χ4v) is 5.57. The molecule has 1 aliphatic heterocycles. The van der Waals surface area contributed by atoms with Gasteiger partial charge in [0.05, 0.1) is 23.3 Å². The number of hydrogen-bond donors (Lipinski definition) is 1. The van der Waals surface area contributed by atoms with Gasteiger partial charge in [-0.15, -0.1) is 0 Å². The maximum atomic E-state index is 13.2. The molecule has 4 rings (SSSR count). The van der Waals surface area contributed by atoms with Crippen LogP contribution in [0.15, 0.2) is 76.1 Å². The van der Waals surface area contributed by atoms with Crippen LogP contribution in [0, 0.1) is 0 Å². The zero-order chi connectivity index (χ0) is 22.0. The van der Waals surface area contributed by atoms with Crippen molar-refractivity contribution in [3.63, 3.8) is 0 Å². The number of halogens is 1. The molecule has 31 heavy (non-hydrogen) atoms. The van der Waals surface area contributed by atoms with E-state index >= 15 is 0 Å². The number of aryl methyl sites for hydroxylation is 1. The van der Waals surface area contributed by atoms with Gasteiger partial charge < -0.3 is 10.1 Å². The topological polar surface area (TPSA) is 75.7 Å². The first-order valence-electron chi connectivity index (χ1n) is 9.76. The van der Waals surface area contributed by atoms with Gasteiger partial charge in [-0.2, -0.15) is 0 Å².